The van der Waals surface area contributed by atoms with Crippen molar-refractivity contribution in [1.29, 1.82) is 0 Å². The average Bonchev–Trinajstić information content (AvgIpc) is 2.77. The van der Waals surface area contributed by atoms with Crippen LogP contribution in [0.1, 0.15) is 87.5 Å². The molecule has 2 aromatic carbocycles. The molecule has 0 spiro atoms. The maximum absolute atomic E-state index is 3.52. The van der Waals surface area contributed by atoms with Crippen LogP contribution >= 0.6 is 0 Å². The van der Waals surface area contributed by atoms with E-state index in [-0.39, 0.29) is 0 Å². The van der Waals surface area contributed by atoms with Gasteiger partial charge in [0.1, 0.15) is 0 Å². The number of hydrogen-bond donors (Lipinski definition) is 0. The molecule has 0 atom stereocenters. The number of unbranched alkanes of at least 4 members (excludes halogenated alkanes) is 1. The first-order valence-corrected chi connectivity index (χ1v) is 11.5. The molecule has 0 bridgehead atoms. The van der Waals surface area contributed by atoms with Gasteiger partial charge in [0, 0.05) is 22.6 Å². The predicted molar refractivity (Wildman–Crippen MR) is 125 cm³/mol. The van der Waals surface area contributed by atoms with E-state index < -0.39 is 0 Å². The van der Waals surface area contributed by atoms with Gasteiger partial charge in [0.15, 0.2) is 0 Å². The van der Waals surface area contributed by atoms with Crippen molar-refractivity contribution in [3.63, 3.8) is 0 Å². The summed E-state index contributed by atoms with van der Waals surface area (Å²) in [5, 5.41) is 0. The molecule has 0 saturated heterocycles. The monoisotopic (exact) mass is 382 g/mol. The van der Waals surface area contributed by atoms with Gasteiger partial charge in [-0.25, -0.2) is 0 Å². The van der Waals surface area contributed by atoms with Crippen molar-refractivity contribution in [2.45, 2.75) is 71.6 Å². The van der Waals surface area contributed by atoms with E-state index in [4.69, 9.17) is 0 Å². The van der Waals surface area contributed by atoms with Crippen molar-refractivity contribution in [3.05, 3.63) is 70.8 Å². The van der Waals surface area contributed by atoms with Crippen LogP contribution in [0.15, 0.2) is 48.5 Å². The molecule has 29 heavy (non-hydrogen) atoms. The number of aryl methyl sites for hydroxylation is 1. The zero-order chi connectivity index (χ0) is 20.3. The highest BCUT2D eigenvalue weighted by Crippen LogP contribution is 2.31. The molecule has 0 N–H and O–H groups in total. The van der Waals surface area contributed by atoms with Gasteiger partial charge in [0.25, 0.3) is 0 Å². The summed E-state index contributed by atoms with van der Waals surface area (Å²) in [5.41, 5.74) is 4.68. The zero-order valence-corrected chi connectivity index (χ0v) is 18.1. The minimum Gasteiger partial charge on any atom is -0.0945 e. The third-order valence-corrected chi connectivity index (χ3v) is 6.01. The van der Waals surface area contributed by atoms with Crippen LogP contribution < -0.4 is 0 Å². The molecule has 3 rings (SSSR count). The Morgan fingerprint density at radius 2 is 1.45 bits per heavy atom. The smallest absolute Gasteiger partial charge is 0.0281 e. The van der Waals surface area contributed by atoms with Crippen LogP contribution in [-0.4, -0.2) is 0 Å². The minimum absolute atomic E-state index is 0.585. The van der Waals surface area contributed by atoms with Gasteiger partial charge in [0.2, 0.25) is 0 Å². The SMILES string of the molecule is CCCCc1ccccc1C#Cc1ccc(C#CC2CCC(CCC)CC2)cc1. The highest BCUT2D eigenvalue weighted by Gasteiger charge is 2.18. The molecule has 1 fully saturated rings. The van der Waals surface area contributed by atoms with Gasteiger partial charge in [-0.05, 0) is 80.3 Å². The van der Waals surface area contributed by atoms with E-state index in [0.717, 1.165) is 29.0 Å². The Morgan fingerprint density at radius 1 is 0.759 bits per heavy atom. The Bertz CT molecular complexity index is 871. The minimum atomic E-state index is 0.585. The molecule has 0 radical (unpaired) electrons. The summed E-state index contributed by atoms with van der Waals surface area (Å²) in [6.45, 7) is 4.53. The Labute approximate surface area is 178 Å². The highest BCUT2D eigenvalue weighted by molar-refractivity contribution is 5.48. The molecular weight excluding hydrogens is 348 g/mol. The molecule has 0 nitrogen and oxygen atoms in total. The average molecular weight is 383 g/mol. The summed E-state index contributed by atoms with van der Waals surface area (Å²) in [7, 11) is 0. The van der Waals surface area contributed by atoms with Crippen LogP contribution in [0, 0.1) is 35.5 Å². The van der Waals surface area contributed by atoms with Gasteiger partial charge in [-0.2, -0.15) is 0 Å². The quantitative estimate of drug-likeness (QED) is 0.473. The largest absolute Gasteiger partial charge is 0.0945 e. The van der Waals surface area contributed by atoms with Crippen molar-refractivity contribution in [1.82, 2.24) is 0 Å². The topological polar surface area (TPSA) is 0 Å². The van der Waals surface area contributed by atoms with Gasteiger partial charge in [-0.3, -0.25) is 0 Å². The van der Waals surface area contributed by atoms with Gasteiger partial charge in [-0.15, -0.1) is 0 Å². The lowest BCUT2D eigenvalue weighted by Crippen LogP contribution is -2.13. The second kappa shape index (κ2) is 11.5. The third kappa shape index (κ3) is 6.84. The van der Waals surface area contributed by atoms with E-state index in [2.05, 4.69) is 86.1 Å². The number of hydrogen-bond acceptors (Lipinski definition) is 0. The number of benzene rings is 2. The van der Waals surface area contributed by atoms with E-state index in [0.29, 0.717) is 5.92 Å². The van der Waals surface area contributed by atoms with Crippen molar-refractivity contribution in [3.8, 4) is 23.7 Å². The normalized spacial score (nSPS) is 18.3. The van der Waals surface area contributed by atoms with Crippen molar-refractivity contribution < 1.29 is 0 Å². The van der Waals surface area contributed by atoms with E-state index >= 15 is 0 Å². The molecule has 0 amide bonds. The van der Waals surface area contributed by atoms with Gasteiger partial charge in [-0.1, -0.05) is 75.0 Å². The second-order valence-corrected chi connectivity index (χ2v) is 8.36. The molecule has 0 heteroatoms. The maximum atomic E-state index is 3.52. The first kappa shape index (κ1) is 21.3. The summed E-state index contributed by atoms with van der Waals surface area (Å²) in [5.74, 6) is 15.1. The first-order valence-electron chi connectivity index (χ1n) is 11.5. The van der Waals surface area contributed by atoms with Crippen molar-refractivity contribution in [2.24, 2.45) is 11.8 Å². The third-order valence-electron chi connectivity index (χ3n) is 6.01. The lowest BCUT2D eigenvalue weighted by molar-refractivity contribution is 0.300. The zero-order valence-electron chi connectivity index (χ0n) is 18.1. The van der Waals surface area contributed by atoms with Crippen LogP contribution in [-0.2, 0) is 6.42 Å². The number of rotatable bonds is 5. The molecule has 2 aromatic rings. The first-order chi connectivity index (χ1) is 14.3. The molecule has 0 aromatic heterocycles. The fourth-order valence-electron chi connectivity index (χ4n) is 4.19. The summed E-state index contributed by atoms with van der Waals surface area (Å²) in [4.78, 5) is 0. The van der Waals surface area contributed by atoms with Gasteiger partial charge < -0.3 is 0 Å². The molecule has 1 saturated carbocycles. The van der Waals surface area contributed by atoms with Crippen LogP contribution in [0.2, 0.25) is 0 Å². The van der Waals surface area contributed by atoms with Gasteiger partial charge >= 0.3 is 0 Å². The predicted octanol–water partition coefficient (Wildman–Crippen LogP) is 7.39. The highest BCUT2D eigenvalue weighted by atomic mass is 14.2. The Hall–Kier alpha value is -2.44. The van der Waals surface area contributed by atoms with Crippen LogP contribution in [0.25, 0.3) is 0 Å². The fourth-order valence-corrected chi connectivity index (χ4v) is 4.19. The molecule has 150 valence electrons. The van der Waals surface area contributed by atoms with E-state index in [1.165, 1.54) is 56.9 Å². The van der Waals surface area contributed by atoms with E-state index in [9.17, 15) is 0 Å². The Balaban J connectivity index is 1.59. The summed E-state index contributed by atoms with van der Waals surface area (Å²) in [6.07, 6.45) is 11.5. The summed E-state index contributed by atoms with van der Waals surface area (Å²) < 4.78 is 0. The molecule has 1 aliphatic carbocycles. The van der Waals surface area contributed by atoms with Gasteiger partial charge in [0.05, 0.1) is 0 Å². The lowest BCUT2D eigenvalue weighted by atomic mass is 9.80. The van der Waals surface area contributed by atoms with Crippen LogP contribution in [0.3, 0.4) is 0 Å². The second-order valence-electron chi connectivity index (χ2n) is 8.36. The van der Waals surface area contributed by atoms with E-state index in [1.54, 1.807) is 0 Å². The maximum Gasteiger partial charge on any atom is 0.0281 e. The fraction of sp³-hybridized carbons (Fsp3) is 0.448. The molecule has 0 unspecified atom stereocenters. The Morgan fingerprint density at radius 3 is 2.14 bits per heavy atom. The summed E-state index contributed by atoms with van der Waals surface area (Å²) in [6, 6.07) is 17.0. The Kier molecular flexibility index (Phi) is 8.46. The van der Waals surface area contributed by atoms with Crippen molar-refractivity contribution >= 4 is 0 Å². The van der Waals surface area contributed by atoms with Crippen molar-refractivity contribution in [2.75, 3.05) is 0 Å². The molecule has 0 heterocycles. The van der Waals surface area contributed by atoms with E-state index in [1.807, 2.05) is 0 Å². The van der Waals surface area contributed by atoms with Crippen LogP contribution in [0.5, 0.6) is 0 Å². The molecule has 0 aliphatic heterocycles. The molecular formula is C29H34. The van der Waals surface area contributed by atoms with Crippen LogP contribution in [0.4, 0.5) is 0 Å². The molecule has 1 aliphatic rings. The lowest BCUT2D eigenvalue weighted by Gasteiger charge is -2.25. The standard InChI is InChI=1S/C29H34/c1-3-5-9-28-10-6-7-11-29(28)23-22-27-20-18-26(19-21-27)17-16-25-14-12-24(8-4-2)13-15-25/h6-7,10-11,18-21,24-25H,3-5,8-9,12-15H2,1-2H3. The summed E-state index contributed by atoms with van der Waals surface area (Å²) >= 11 is 0.